The number of aliphatic carboxylic acids is 2. The summed E-state index contributed by atoms with van der Waals surface area (Å²) < 4.78 is 0. The molecule has 0 aliphatic heterocycles. The molecule has 0 radical (unpaired) electrons. The van der Waals surface area contributed by atoms with Crippen LogP contribution in [-0.4, -0.2) is 99.8 Å². The zero-order chi connectivity index (χ0) is 38.1. The molecule has 6 atom stereocenters. The molecule has 0 bridgehead atoms. The van der Waals surface area contributed by atoms with E-state index in [1.54, 1.807) is 44.2 Å². The van der Waals surface area contributed by atoms with Crippen LogP contribution in [-0.2, 0) is 49.6 Å². The molecule has 0 aromatic heterocycles. The van der Waals surface area contributed by atoms with Gasteiger partial charge in [-0.15, -0.1) is 0 Å². The number of carbonyl (C=O) groups is 9. The number of benzene rings is 1. The Hall–Kier alpha value is -5.59. The van der Waals surface area contributed by atoms with Gasteiger partial charge in [-0.25, -0.2) is 4.79 Å². The van der Waals surface area contributed by atoms with Gasteiger partial charge in [0.25, 0.3) is 0 Å². The van der Waals surface area contributed by atoms with Crippen LogP contribution in [0, 0.1) is 5.92 Å². The van der Waals surface area contributed by atoms with E-state index >= 15 is 0 Å². The van der Waals surface area contributed by atoms with E-state index in [0.29, 0.717) is 5.56 Å². The van der Waals surface area contributed by atoms with Gasteiger partial charge in [0.05, 0.1) is 18.9 Å². The van der Waals surface area contributed by atoms with E-state index in [2.05, 4.69) is 26.6 Å². The summed E-state index contributed by atoms with van der Waals surface area (Å²) in [5.41, 5.74) is 16.6. The van der Waals surface area contributed by atoms with Gasteiger partial charge in [-0.2, -0.15) is 0 Å². The summed E-state index contributed by atoms with van der Waals surface area (Å²) in [5.74, 6) is -9.53. The standard InChI is InChI=1S/C31H46N8O11/c1-15(2)11-22(31(49)50)39-30(48)20(12-17-7-5-4-6-8-17)37-26(44)16(3)35-29(47)21(14-24(34)41)38-28(46)19(9-10-23(33)40)36-27(45)18(32)13-25(42)43/h4-8,15-16,18-22H,9-14,32H2,1-3H3,(H2,33,40)(H2,34,41)(H,35,47)(H,36,45)(H,37,44)(H,38,46)(H,39,48)(H,42,43)(H,49,50)/t16-,18-,19-,20-,21-,22-/m0/s1. The van der Waals surface area contributed by atoms with Crippen LogP contribution in [0.4, 0.5) is 0 Å². The molecular formula is C31H46N8O11. The molecule has 19 heteroatoms. The summed E-state index contributed by atoms with van der Waals surface area (Å²) >= 11 is 0. The van der Waals surface area contributed by atoms with Crippen molar-refractivity contribution in [1.29, 1.82) is 0 Å². The maximum absolute atomic E-state index is 13.2. The lowest BCUT2D eigenvalue weighted by Crippen LogP contribution is -2.59. The Morgan fingerprint density at radius 3 is 1.68 bits per heavy atom. The third-order valence-corrected chi connectivity index (χ3v) is 7.07. The fourth-order valence-corrected chi connectivity index (χ4v) is 4.50. The highest BCUT2D eigenvalue weighted by Gasteiger charge is 2.33. The molecule has 1 rings (SSSR count). The Labute approximate surface area is 287 Å². The summed E-state index contributed by atoms with van der Waals surface area (Å²) in [6, 6.07) is -0.199. The number of nitrogens with two attached hydrogens (primary N) is 3. The molecular weight excluding hydrogens is 660 g/mol. The Morgan fingerprint density at radius 1 is 0.640 bits per heavy atom. The molecule has 50 heavy (non-hydrogen) atoms. The van der Waals surface area contributed by atoms with E-state index in [9.17, 15) is 48.3 Å². The van der Waals surface area contributed by atoms with Crippen molar-refractivity contribution in [3.63, 3.8) is 0 Å². The lowest BCUT2D eigenvalue weighted by atomic mass is 10.0. The first-order chi connectivity index (χ1) is 23.3. The number of hydrogen-bond acceptors (Lipinski definition) is 10. The SMILES string of the molecule is CC(C)C[C@H](NC(=O)[C@H](Cc1ccccc1)NC(=O)[C@H](C)NC(=O)[C@H](CC(N)=O)NC(=O)[C@H](CCC(N)=O)NC(=O)[C@@H](N)CC(=O)O)C(=O)O. The van der Waals surface area contributed by atoms with E-state index in [1.165, 1.54) is 6.92 Å². The van der Waals surface area contributed by atoms with Crippen LogP contribution in [0.5, 0.6) is 0 Å². The second-order valence-corrected chi connectivity index (χ2v) is 12.0. The molecule has 0 spiro atoms. The van der Waals surface area contributed by atoms with Crippen molar-refractivity contribution in [3.05, 3.63) is 35.9 Å². The first-order valence-corrected chi connectivity index (χ1v) is 15.6. The number of hydrogen-bond donors (Lipinski definition) is 10. The van der Waals surface area contributed by atoms with E-state index in [0.717, 1.165) is 0 Å². The van der Waals surface area contributed by atoms with Gasteiger partial charge in [-0.1, -0.05) is 44.2 Å². The Kier molecular flexibility index (Phi) is 17.6. The van der Waals surface area contributed by atoms with Crippen molar-refractivity contribution in [3.8, 4) is 0 Å². The van der Waals surface area contributed by atoms with Crippen molar-refractivity contribution in [1.82, 2.24) is 26.6 Å². The highest BCUT2D eigenvalue weighted by atomic mass is 16.4. The fraction of sp³-hybridized carbons (Fsp3) is 0.516. The number of nitrogens with one attached hydrogen (secondary N) is 5. The maximum atomic E-state index is 13.2. The number of rotatable bonds is 22. The largest absolute Gasteiger partial charge is 0.481 e. The van der Waals surface area contributed by atoms with Crippen molar-refractivity contribution >= 4 is 53.3 Å². The molecule has 0 aliphatic carbocycles. The van der Waals surface area contributed by atoms with Crippen LogP contribution in [0.1, 0.15) is 58.4 Å². The third-order valence-electron chi connectivity index (χ3n) is 7.07. The molecule has 276 valence electrons. The average Bonchev–Trinajstić information content (AvgIpc) is 3.01. The van der Waals surface area contributed by atoms with Crippen LogP contribution < -0.4 is 43.8 Å². The lowest BCUT2D eigenvalue weighted by molar-refractivity contribution is -0.142. The van der Waals surface area contributed by atoms with Crippen LogP contribution >= 0.6 is 0 Å². The fourth-order valence-electron chi connectivity index (χ4n) is 4.50. The molecule has 19 nitrogen and oxygen atoms in total. The van der Waals surface area contributed by atoms with Gasteiger partial charge in [0.1, 0.15) is 30.2 Å². The number of carbonyl (C=O) groups excluding carboxylic acids is 7. The highest BCUT2D eigenvalue weighted by Crippen LogP contribution is 2.09. The van der Waals surface area contributed by atoms with Crippen molar-refractivity contribution in [2.24, 2.45) is 23.1 Å². The normalized spacial score (nSPS) is 14.4. The monoisotopic (exact) mass is 706 g/mol. The molecule has 0 saturated carbocycles. The van der Waals surface area contributed by atoms with E-state index in [1.807, 2.05) is 0 Å². The van der Waals surface area contributed by atoms with Crippen LogP contribution in [0.15, 0.2) is 30.3 Å². The molecule has 1 aromatic rings. The summed E-state index contributed by atoms with van der Waals surface area (Å²) in [6.07, 6.45) is -2.28. The van der Waals surface area contributed by atoms with E-state index < -0.39 is 109 Å². The zero-order valence-corrected chi connectivity index (χ0v) is 28.0. The second kappa shape index (κ2) is 20.7. The molecule has 7 amide bonds. The molecule has 0 heterocycles. The minimum atomic E-state index is -1.70. The van der Waals surface area contributed by atoms with E-state index in [4.69, 9.17) is 22.3 Å². The first kappa shape index (κ1) is 42.4. The third kappa shape index (κ3) is 16.0. The smallest absolute Gasteiger partial charge is 0.326 e. The number of carboxylic acids is 2. The van der Waals surface area contributed by atoms with Gasteiger partial charge < -0.3 is 54.0 Å². The summed E-state index contributed by atoms with van der Waals surface area (Å²) in [4.78, 5) is 111. The summed E-state index contributed by atoms with van der Waals surface area (Å²) in [6.45, 7) is 4.80. The molecule has 13 N–H and O–H groups in total. The van der Waals surface area contributed by atoms with Gasteiger partial charge in [0.15, 0.2) is 0 Å². The van der Waals surface area contributed by atoms with Gasteiger partial charge >= 0.3 is 11.9 Å². The summed E-state index contributed by atoms with van der Waals surface area (Å²) in [5, 5.41) is 30.1. The Morgan fingerprint density at radius 2 is 1.16 bits per heavy atom. The Balaban J connectivity index is 3.15. The lowest BCUT2D eigenvalue weighted by Gasteiger charge is -2.26. The quantitative estimate of drug-likeness (QED) is 0.0568. The second-order valence-electron chi connectivity index (χ2n) is 12.0. The summed E-state index contributed by atoms with van der Waals surface area (Å²) in [7, 11) is 0. The van der Waals surface area contributed by atoms with Gasteiger partial charge in [-0.3, -0.25) is 38.4 Å². The predicted molar refractivity (Wildman–Crippen MR) is 175 cm³/mol. The molecule has 0 aliphatic rings. The van der Waals surface area contributed by atoms with Gasteiger partial charge in [-0.05, 0) is 31.2 Å². The highest BCUT2D eigenvalue weighted by molar-refractivity contribution is 5.98. The maximum Gasteiger partial charge on any atom is 0.326 e. The molecule has 1 aromatic carbocycles. The molecule has 0 saturated heterocycles. The number of primary amides is 2. The van der Waals surface area contributed by atoms with Gasteiger partial charge in [0, 0.05) is 12.8 Å². The van der Waals surface area contributed by atoms with Gasteiger partial charge in [0.2, 0.25) is 41.4 Å². The van der Waals surface area contributed by atoms with E-state index in [-0.39, 0.29) is 25.2 Å². The number of carboxylic acid groups (broad SMARTS) is 2. The minimum Gasteiger partial charge on any atom is -0.481 e. The average molecular weight is 707 g/mol. The van der Waals surface area contributed by atoms with Crippen molar-refractivity contribution in [2.45, 2.75) is 95.5 Å². The van der Waals surface area contributed by atoms with Crippen LogP contribution in [0.2, 0.25) is 0 Å². The van der Waals surface area contributed by atoms with Crippen LogP contribution in [0.25, 0.3) is 0 Å². The topological polar surface area (TPSA) is 332 Å². The minimum absolute atomic E-state index is 0.0397. The van der Waals surface area contributed by atoms with Crippen LogP contribution in [0.3, 0.4) is 0 Å². The number of amides is 7. The predicted octanol–water partition coefficient (Wildman–Crippen LogP) is -3.25. The molecule has 0 unspecified atom stereocenters. The molecule has 0 fully saturated rings. The first-order valence-electron chi connectivity index (χ1n) is 15.6. The van der Waals surface area contributed by atoms with Crippen molar-refractivity contribution in [2.75, 3.05) is 0 Å². The Bertz CT molecular complexity index is 1410. The zero-order valence-electron chi connectivity index (χ0n) is 28.0. The van der Waals surface area contributed by atoms with Crippen molar-refractivity contribution < 1.29 is 53.4 Å².